The van der Waals surface area contributed by atoms with E-state index in [1.165, 1.54) is 19.3 Å². The average Bonchev–Trinajstić information content (AvgIpc) is 2.43. The number of rotatable bonds is 3. The molecule has 0 aliphatic heterocycles. The SMILES string of the molecule is Cc1cccc(C=CC(=O)C23CC4CC(CC(C4)C2)C3)n1. The summed E-state index contributed by atoms with van der Waals surface area (Å²) in [5.41, 5.74) is 1.88. The van der Waals surface area contributed by atoms with Crippen molar-refractivity contribution < 1.29 is 4.79 Å². The van der Waals surface area contributed by atoms with Crippen LogP contribution in [0.1, 0.15) is 49.9 Å². The third kappa shape index (κ3) is 2.35. The molecule has 5 rings (SSSR count). The summed E-state index contributed by atoms with van der Waals surface area (Å²) in [6.07, 6.45) is 11.3. The van der Waals surface area contributed by atoms with Crippen molar-refractivity contribution in [2.45, 2.75) is 45.4 Å². The number of aryl methyl sites for hydroxylation is 1. The van der Waals surface area contributed by atoms with Crippen LogP contribution in [0.4, 0.5) is 0 Å². The van der Waals surface area contributed by atoms with Gasteiger partial charge in [-0.05, 0) is 87.5 Å². The van der Waals surface area contributed by atoms with Gasteiger partial charge in [-0.25, -0.2) is 0 Å². The maximum Gasteiger partial charge on any atom is 0.161 e. The lowest BCUT2D eigenvalue weighted by Crippen LogP contribution is -2.49. The van der Waals surface area contributed by atoms with E-state index in [4.69, 9.17) is 0 Å². The lowest BCUT2D eigenvalue weighted by molar-refractivity contribution is -0.138. The quantitative estimate of drug-likeness (QED) is 0.778. The number of nitrogens with zero attached hydrogens (tertiary/aromatic N) is 1. The van der Waals surface area contributed by atoms with E-state index < -0.39 is 0 Å². The smallest absolute Gasteiger partial charge is 0.161 e. The minimum Gasteiger partial charge on any atom is -0.294 e. The van der Waals surface area contributed by atoms with Crippen LogP contribution in [-0.4, -0.2) is 10.8 Å². The van der Waals surface area contributed by atoms with Crippen molar-refractivity contribution in [2.75, 3.05) is 0 Å². The first-order chi connectivity index (χ1) is 10.1. The fourth-order valence-electron chi connectivity index (χ4n) is 5.41. The third-order valence-electron chi connectivity index (χ3n) is 5.88. The monoisotopic (exact) mass is 281 g/mol. The van der Waals surface area contributed by atoms with E-state index in [0.29, 0.717) is 5.78 Å². The zero-order valence-electron chi connectivity index (χ0n) is 12.7. The molecule has 4 saturated carbocycles. The average molecular weight is 281 g/mol. The molecule has 21 heavy (non-hydrogen) atoms. The van der Waals surface area contributed by atoms with Crippen LogP contribution in [0.15, 0.2) is 24.3 Å². The highest BCUT2D eigenvalue weighted by molar-refractivity contribution is 5.98. The molecule has 4 fully saturated rings. The molecule has 4 aliphatic carbocycles. The summed E-state index contributed by atoms with van der Waals surface area (Å²) < 4.78 is 0. The number of carbonyl (C=O) groups is 1. The number of carbonyl (C=O) groups excluding carboxylic acids is 1. The predicted molar refractivity (Wildman–Crippen MR) is 83.6 cm³/mol. The van der Waals surface area contributed by atoms with E-state index in [9.17, 15) is 4.79 Å². The molecular weight excluding hydrogens is 258 g/mol. The molecule has 4 bridgehead atoms. The van der Waals surface area contributed by atoms with Crippen molar-refractivity contribution in [1.82, 2.24) is 4.98 Å². The predicted octanol–water partition coefficient (Wildman–Crippen LogP) is 4.19. The van der Waals surface area contributed by atoms with Crippen molar-refractivity contribution in [3.05, 3.63) is 35.7 Å². The zero-order valence-corrected chi connectivity index (χ0v) is 12.7. The van der Waals surface area contributed by atoms with Crippen LogP contribution in [0.2, 0.25) is 0 Å². The highest BCUT2D eigenvalue weighted by Crippen LogP contribution is 2.60. The van der Waals surface area contributed by atoms with Crippen LogP contribution in [0.3, 0.4) is 0 Å². The Morgan fingerprint density at radius 2 is 1.76 bits per heavy atom. The van der Waals surface area contributed by atoms with Gasteiger partial charge in [0.25, 0.3) is 0 Å². The molecular formula is C19H23NO. The molecule has 2 heteroatoms. The van der Waals surface area contributed by atoms with E-state index in [1.54, 1.807) is 0 Å². The van der Waals surface area contributed by atoms with Gasteiger partial charge in [-0.1, -0.05) is 6.07 Å². The van der Waals surface area contributed by atoms with Crippen LogP contribution in [0.5, 0.6) is 0 Å². The summed E-state index contributed by atoms with van der Waals surface area (Å²) in [4.78, 5) is 17.3. The van der Waals surface area contributed by atoms with Crippen LogP contribution in [0.25, 0.3) is 6.08 Å². The maximum atomic E-state index is 12.8. The summed E-state index contributed by atoms with van der Waals surface area (Å²) in [6.45, 7) is 1.98. The Labute approximate surface area is 126 Å². The Hall–Kier alpha value is -1.44. The molecule has 2 nitrogen and oxygen atoms in total. The lowest BCUT2D eigenvalue weighted by atomic mass is 9.48. The number of aromatic nitrogens is 1. The van der Waals surface area contributed by atoms with Crippen LogP contribution < -0.4 is 0 Å². The third-order valence-corrected chi connectivity index (χ3v) is 5.88. The number of allylic oxidation sites excluding steroid dienone is 1. The van der Waals surface area contributed by atoms with Gasteiger partial charge < -0.3 is 0 Å². The van der Waals surface area contributed by atoms with Crippen molar-refractivity contribution in [3.63, 3.8) is 0 Å². The van der Waals surface area contributed by atoms with Gasteiger partial charge in [0.1, 0.15) is 0 Å². The first-order valence-electron chi connectivity index (χ1n) is 8.29. The molecule has 0 radical (unpaired) electrons. The molecule has 110 valence electrons. The van der Waals surface area contributed by atoms with Gasteiger partial charge in [0.2, 0.25) is 0 Å². The van der Waals surface area contributed by atoms with E-state index in [1.807, 2.05) is 37.3 Å². The van der Waals surface area contributed by atoms with Gasteiger partial charge >= 0.3 is 0 Å². The molecule has 1 aromatic rings. The Kier molecular flexibility index (Phi) is 3.02. The van der Waals surface area contributed by atoms with E-state index in [0.717, 1.165) is 48.4 Å². The van der Waals surface area contributed by atoms with Crippen molar-refractivity contribution in [3.8, 4) is 0 Å². The Morgan fingerprint density at radius 1 is 1.14 bits per heavy atom. The Bertz CT molecular complexity index is 566. The molecule has 0 atom stereocenters. The summed E-state index contributed by atoms with van der Waals surface area (Å²) >= 11 is 0. The standard InChI is InChI=1S/C19H23NO/c1-13-3-2-4-17(20-13)5-6-18(21)19-10-14-7-15(11-19)9-16(8-14)12-19/h2-6,14-16H,7-12H2,1H3. The van der Waals surface area contributed by atoms with Crippen molar-refractivity contribution in [1.29, 1.82) is 0 Å². The molecule has 0 N–H and O–H groups in total. The number of ketones is 1. The topological polar surface area (TPSA) is 30.0 Å². The largest absolute Gasteiger partial charge is 0.294 e. The number of hydrogen-bond acceptors (Lipinski definition) is 2. The lowest BCUT2D eigenvalue weighted by Gasteiger charge is -2.55. The van der Waals surface area contributed by atoms with Gasteiger partial charge in [-0.3, -0.25) is 9.78 Å². The van der Waals surface area contributed by atoms with Gasteiger partial charge in [0.15, 0.2) is 5.78 Å². The van der Waals surface area contributed by atoms with Gasteiger partial charge in [-0.2, -0.15) is 0 Å². The fourth-order valence-corrected chi connectivity index (χ4v) is 5.41. The van der Waals surface area contributed by atoms with Crippen LogP contribution >= 0.6 is 0 Å². The van der Waals surface area contributed by atoms with E-state index in [2.05, 4.69) is 4.98 Å². The minimum atomic E-state index is -0.0188. The van der Waals surface area contributed by atoms with Crippen molar-refractivity contribution in [2.24, 2.45) is 23.2 Å². The molecule has 0 spiro atoms. The molecule has 4 aliphatic rings. The van der Waals surface area contributed by atoms with Crippen LogP contribution in [-0.2, 0) is 4.79 Å². The molecule has 0 saturated heterocycles. The number of pyridine rings is 1. The first kappa shape index (κ1) is 13.2. The molecule has 1 aromatic heterocycles. The zero-order chi connectivity index (χ0) is 14.4. The molecule has 1 heterocycles. The van der Waals surface area contributed by atoms with Gasteiger partial charge in [0, 0.05) is 11.1 Å². The van der Waals surface area contributed by atoms with E-state index in [-0.39, 0.29) is 5.41 Å². The summed E-state index contributed by atoms with van der Waals surface area (Å²) in [6, 6.07) is 5.95. The summed E-state index contributed by atoms with van der Waals surface area (Å²) in [5.74, 6) is 2.84. The Balaban J connectivity index is 1.55. The molecule has 0 amide bonds. The maximum absolute atomic E-state index is 12.8. The van der Waals surface area contributed by atoms with Crippen molar-refractivity contribution >= 4 is 11.9 Å². The molecule has 0 aromatic carbocycles. The second-order valence-corrected chi connectivity index (χ2v) is 7.60. The van der Waals surface area contributed by atoms with Gasteiger partial charge in [-0.15, -0.1) is 0 Å². The Morgan fingerprint density at radius 3 is 2.33 bits per heavy atom. The second-order valence-electron chi connectivity index (χ2n) is 7.60. The van der Waals surface area contributed by atoms with Crippen LogP contribution in [0, 0.1) is 30.1 Å². The van der Waals surface area contributed by atoms with Gasteiger partial charge in [0.05, 0.1) is 5.69 Å². The number of hydrogen-bond donors (Lipinski definition) is 0. The highest BCUT2D eigenvalue weighted by Gasteiger charge is 2.53. The first-order valence-corrected chi connectivity index (χ1v) is 8.29. The second kappa shape index (κ2) is 4.79. The fraction of sp³-hybridized carbons (Fsp3) is 0.579. The molecule has 0 unspecified atom stereocenters. The highest BCUT2D eigenvalue weighted by atomic mass is 16.1. The summed E-state index contributed by atoms with van der Waals surface area (Å²) in [5, 5.41) is 0. The van der Waals surface area contributed by atoms with E-state index >= 15 is 0 Å². The summed E-state index contributed by atoms with van der Waals surface area (Å²) in [7, 11) is 0. The minimum absolute atomic E-state index is 0.0188. The normalized spacial score (nSPS) is 37.3.